The number of para-hydroxylation sites is 1. The number of rotatable bonds is 5. The molecule has 0 aliphatic carbocycles. The van der Waals surface area contributed by atoms with E-state index in [0.717, 1.165) is 17.3 Å². The monoisotopic (exact) mass is 483 g/mol. The Morgan fingerprint density at radius 3 is 2.36 bits per heavy atom. The highest BCUT2D eigenvalue weighted by Gasteiger charge is 2.40. The number of anilines is 2. The minimum atomic E-state index is -4.17. The first-order chi connectivity index (χ1) is 15.6. The molecule has 0 saturated heterocycles. The van der Waals surface area contributed by atoms with E-state index in [4.69, 9.17) is 5.14 Å². The summed E-state index contributed by atoms with van der Waals surface area (Å²) in [5, 5.41) is 7.87. The molecular weight excluding hydrogens is 462 g/mol. The molecule has 0 fully saturated rings. The minimum Gasteiger partial charge on any atom is -0.360 e. The fourth-order valence-electron chi connectivity index (χ4n) is 3.56. The number of Topliss-reactive ketones (excluding diaryl/α,β-unsaturated/α-hetero) is 1. The Morgan fingerprint density at radius 2 is 1.70 bits per heavy atom. The van der Waals surface area contributed by atoms with Gasteiger partial charge in [-0.3, -0.25) is 9.10 Å². The Hall–Kier alpha value is -3.47. The lowest BCUT2D eigenvalue weighted by molar-refractivity contribution is 0.104. The smallest absolute Gasteiger partial charge is 0.270 e. The van der Waals surface area contributed by atoms with Crippen LogP contribution in [0.4, 0.5) is 11.4 Å². The van der Waals surface area contributed by atoms with Crippen molar-refractivity contribution in [3.05, 3.63) is 101 Å². The van der Waals surface area contributed by atoms with Gasteiger partial charge < -0.3 is 5.32 Å². The fraction of sp³-hybridized carbons (Fsp3) is 0.0870. The van der Waals surface area contributed by atoms with Crippen molar-refractivity contribution < 1.29 is 21.6 Å². The highest BCUT2D eigenvalue weighted by Crippen LogP contribution is 2.36. The zero-order valence-corrected chi connectivity index (χ0v) is 19.2. The van der Waals surface area contributed by atoms with Gasteiger partial charge in [0.25, 0.3) is 10.0 Å². The van der Waals surface area contributed by atoms with Crippen LogP contribution in [0.2, 0.25) is 0 Å². The first-order valence-corrected chi connectivity index (χ1v) is 12.9. The maximum Gasteiger partial charge on any atom is 0.270 e. The van der Waals surface area contributed by atoms with Crippen LogP contribution in [0, 0.1) is 6.92 Å². The molecule has 0 amide bonds. The Bertz CT molecular complexity index is 1480. The lowest BCUT2D eigenvalue weighted by atomic mass is 10.1. The van der Waals surface area contributed by atoms with Crippen molar-refractivity contribution in [1.29, 1.82) is 0 Å². The number of fused-ring (bicyclic) bond motifs is 1. The van der Waals surface area contributed by atoms with Crippen LogP contribution in [0.15, 0.2) is 88.8 Å². The van der Waals surface area contributed by atoms with Crippen molar-refractivity contribution in [2.24, 2.45) is 5.14 Å². The SMILES string of the molecule is Cc1cccc(CN2c3ccccc3C(=O)C(=CNc3ccc(S(N)(=O)=O)cc3)S2(=O)=O)c1. The van der Waals surface area contributed by atoms with Gasteiger partial charge in [0.15, 0.2) is 4.91 Å². The number of aryl methyl sites for hydroxylation is 1. The average Bonchev–Trinajstić information content (AvgIpc) is 2.76. The summed E-state index contributed by atoms with van der Waals surface area (Å²) in [5.41, 5.74) is 2.76. The van der Waals surface area contributed by atoms with Crippen molar-refractivity contribution >= 4 is 37.2 Å². The van der Waals surface area contributed by atoms with Crippen LogP contribution in [-0.4, -0.2) is 22.6 Å². The quantitative estimate of drug-likeness (QED) is 0.537. The fourth-order valence-corrected chi connectivity index (χ4v) is 5.60. The molecule has 3 aromatic carbocycles. The molecule has 4 rings (SSSR count). The number of allylic oxidation sites excluding steroid dienone is 1. The molecule has 0 radical (unpaired) electrons. The summed E-state index contributed by atoms with van der Waals surface area (Å²) in [5.74, 6) is -0.625. The van der Waals surface area contributed by atoms with Gasteiger partial charge in [0.2, 0.25) is 15.8 Å². The molecule has 1 aliphatic rings. The third-order valence-corrected chi connectivity index (χ3v) is 7.87. The molecule has 0 bridgehead atoms. The van der Waals surface area contributed by atoms with Gasteiger partial charge in [0.1, 0.15) is 0 Å². The van der Waals surface area contributed by atoms with Gasteiger partial charge in [0, 0.05) is 17.5 Å². The van der Waals surface area contributed by atoms with Gasteiger partial charge in [0.05, 0.1) is 17.1 Å². The number of ketones is 1. The van der Waals surface area contributed by atoms with E-state index >= 15 is 0 Å². The number of hydrogen-bond acceptors (Lipinski definition) is 6. The van der Waals surface area contributed by atoms with E-state index in [9.17, 15) is 21.6 Å². The largest absolute Gasteiger partial charge is 0.360 e. The standard InChI is InChI=1S/C23H21N3O5S2/c1-16-5-4-6-17(13-16)15-26-21-8-3-2-7-20(21)23(27)22(33(26,30)31)14-25-18-9-11-19(12-10-18)32(24,28)29/h2-14,25H,15H2,1H3,(H2,24,28,29). The summed E-state index contributed by atoms with van der Waals surface area (Å²) in [6.45, 7) is 1.98. The molecule has 3 N–H and O–H groups in total. The lowest BCUT2D eigenvalue weighted by Crippen LogP contribution is -2.39. The third-order valence-electron chi connectivity index (χ3n) is 5.17. The molecule has 170 valence electrons. The van der Waals surface area contributed by atoms with Gasteiger partial charge in [-0.15, -0.1) is 0 Å². The topological polar surface area (TPSA) is 127 Å². The number of hydrogen-bond donors (Lipinski definition) is 2. The number of nitrogens with one attached hydrogen (secondary N) is 1. The third kappa shape index (κ3) is 4.54. The van der Waals surface area contributed by atoms with Crippen molar-refractivity contribution in [2.75, 3.05) is 9.62 Å². The number of benzene rings is 3. The van der Waals surface area contributed by atoms with Crippen LogP contribution in [0.3, 0.4) is 0 Å². The summed E-state index contributed by atoms with van der Waals surface area (Å²) in [7, 11) is -8.03. The van der Waals surface area contributed by atoms with Crippen molar-refractivity contribution in [2.45, 2.75) is 18.4 Å². The van der Waals surface area contributed by atoms with Crippen LogP contribution in [0.5, 0.6) is 0 Å². The predicted octanol–water partition coefficient (Wildman–Crippen LogP) is 3.13. The average molecular weight is 484 g/mol. The zero-order valence-electron chi connectivity index (χ0n) is 17.6. The number of carbonyl (C=O) groups is 1. The molecule has 10 heteroatoms. The van der Waals surface area contributed by atoms with E-state index < -0.39 is 30.7 Å². The second kappa shape index (κ2) is 8.47. The molecule has 1 heterocycles. The molecule has 1 aliphatic heterocycles. The second-order valence-corrected chi connectivity index (χ2v) is 11.0. The Kier molecular flexibility index (Phi) is 5.83. The van der Waals surface area contributed by atoms with Gasteiger partial charge in [-0.2, -0.15) is 0 Å². The van der Waals surface area contributed by atoms with Gasteiger partial charge >= 0.3 is 0 Å². The van der Waals surface area contributed by atoms with Crippen molar-refractivity contribution in [3.8, 4) is 0 Å². The van der Waals surface area contributed by atoms with Crippen LogP contribution < -0.4 is 14.8 Å². The van der Waals surface area contributed by atoms with E-state index in [1.165, 1.54) is 28.6 Å². The number of carbonyl (C=O) groups excluding carboxylic acids is 1. The van der Waals surface area contributed by atoms with Gasteiger partial charge in [-0.25, -0.2) is 22.0 Å². The molecular formula is C23H21N3O5S2. The molecule has 0 spiro atoms. The molecule has 3 aromatic rings. The Labute approximate surface area is 192 Å². The molecule has 0 aromatic heterocycles. The maximum atomic E-state index is 13.5. The highest BCUT2D eigenvalue weighted by atomic mass is 32.2. The second-order valence-electron chi connectivity index (χ2n) is 7.57. The Morgan fingerprint density at radius 1 is 1.00 bits per heavy atom. The summed E-state index contributed by atoms with van der Waals surface area (Å²) in [6, 6.07) is 19.5. The molecule has 0 unspecified atom stereocenters. The number of nitrogens with two attached hydrogens (primary N) is 1. The molecule has 33 heavy (non-hydrogen) atoms. The van der Waals surface area contributed by atoms with E-state index in [1.54, 1.807) is 24.3 Å². The predicted molar refractivity (Wildman–Crippen MR) is 127 cm³/mol. The molecule has 8 nitrogen and oxygen atoms in total. The first kappa shape index (κ1) is 22.7. The Balaban J connectivity index is 1.73. The van der Waals surface area contributed by atoms with E-state index in [0.29, 0.717) is 11.4 Å². The van der Waals surface area contributed by atoms with Gasteiger partial charge in [-0.1, -0.05) is 42.0 Å². The van der Waals surface area contributed by atoms with Crippen molar-refractivity contribution in [3.63, 3.8) is 0 Å². The van der Waals surface area contributed by atoms with E-state index in [-0.39, 0.29) is 17.0 Å². The summed E-state index contributed by atoms with van der Waals surface area (Å²) in [6.07, 6.45) is 1.13. The van der Waals surface area contributed by atoms with Crippen LogP contribution >= 0.6 is 0 Å². The van der Waals surface area contributed by atoms with Crippen LogP contribution in [0.25, 0.3) is 0 Å². The molecule has 0 saturated carbocycles. The van der Waals surface area contributed by atoms with Crippen molar-refractivity contribution in [1.82, 2.24) is 0 Å². The normalized spacial score (nSPS) is 16.5. The zero-order chi connectivity index (χ0) is 23.8. The number of sulfonamides is 2. The summed E-state index contributed by atoms with van der Waals surface area (Å²) in [4.78, 5) is 12.6. The summed E-state index contributed by atoms with van der Waals surface area (Å²) < 4.78 is 51.0. The van der Waals surface area contributed by atoms with E-state index in [2.05, 4.69) is 5.32 Å². The first-order valence-electron chi connectivity index (χ1n) is 9.89. The van der Waals surface area contributed by atoms with Crippen LogP contribution in [-0.2, 0) is 26.6 Å². The minimum absolute atomic E-state index is 0.0642. The maximum absolute atomic E-state index is 13.5. The summed E-state index contributed by atoms with van der Waals surface area (Å²) >= 11 is 0. The number of primary sulfonamides is 1. The highest BCUT2D eigenvalue weighted by molar-refractivity contribution is 7.97. The number of nitrogens with zero attached hydrogens (tertiary/aromatic N) is 1. The van der Waals surface area contributed by atoms with Gasteiger partial charge in [-0.05, 0) is 48.9 Å². The van der Waals surface area contributed by atoms with E-state index in [1.807, 2.05) is 31.2 Å². The molecule has 0 atom stereocenters. The van der Waals surface area contributed by atoms with Crippen LogP contribution in [0.1, 0.15) is 21.5 Å². The lowest BCUT2D eigenvalue weighted by Gasteiger charge is -2.31.